The summed E-state index contributed by atoms with van der Waals surface area (Å²) in [6, 6.07) is 13.7. The van der Waals surface area contributed by atoms with Gasteiger partial charge in [-0.15, -0.1) is 5.10 Å². The maximum Gasteiger partial charge on any atom is 0.308 e. The Morgan fingerprint density at radius 2 is 1.96 bits per heavy atom. The molecule has 8 heteroatoms. The normalized spacial score (nSPS) is 15.7. The van der Waals surface area contributed by atoms with Crippen LogP contribution in [0.15, 0.2) is 53.6 Å². The van der Waals surface area contributed by atoms with Crippen molar-refractivity contribution in [3.63, 3.8) is 0 Å². The molecule has 0 saturated heterocycles. The highest BCUT2D eigenvalue weighted by Gasteiger charge is 2.33. The first-order valence-corrected chi connectivity index (χ1v) is 8.53. The topological polar surface area (TPSA) is 77.4 Å². The predicted molar refractivity (Wildman–Crippen MR) is 98.6 cm³/mol. The van der Waals surface area contributed by atoms with Gasteiger partial charge in [0.15, 0.2) is 0 Å². The van der Waals surface area contributed by atoms with Gasteiger partial charge in [-0.1, -0.05) is 29.8 Å². The van der Waals surface area contributed by atoms with Gasteiger partial charge in [0.25, 0.3) is 0 Å². The molecular formula is C19H17ClN2O5. The van der Waals surface area contributed by atoms with Crippen molar-refractivity contribution in [2.75, 3.05) is 6.61 Å². The molecule has 27 heavy (non-hydrogen) atoms. The van der Waals surface area contributed by atoms with E-state index in [1.807, 2.05) is 0 Å². The number of rotatable bonds is 5. The summed E-state index contributed by atoms with van der Waals surface area (Å²) in [5, 5.41) is 5.94. The van der Waals surface area contributed by atoms with Gasteiger partial charge in [0, 0.05) is 18.9 Å². The number of hydrogen-bond acceptors (Lipinski definition) is 6. The van der Waals surface area contributed by atoms with Crippen LogP contribution in [0.1, 0.15) is 19.4 Å². The Morgan fingerprint density at radius 3 is 2.67 bits per heavy atom. The number of ether oxygens (including phenoxy) is 3. The summed E-state index contributed by atoms with van der Waals surface area (Å²) in [5.74, 6) is 0.230. The number of para-hydroxylation sites is 1. The third kappa shape index (κ3) is 4.57. The van der Waals surface area contributed by atoms with Crippen LogP contribution in [0.2, 0.25) is 5.02 Å². The zero-order chi connectivity index (χ0) is 19.4. The first kappa shape index (κ1) is 18.7. The average molecular weight is 389 g/mol. The summed E-state index contributed by atoms with van der Waals surface area (Å²) >= 11 is 5.94. The van der Waals surface area contributed by atoms with Gasteiger partial charge in [-0.05, 0) is 30.3 Å². The van der Waals surface area contributed by atoms with Crippen LogP contribution in [0, 0.1) is 0 Å². The fourth-order valence-corrected chi connectivity index (χ4v) is 2.65. The van der Waals surface area contributed by atoms with Crippen LogP contribution in [0.25, 0.3) is 0 Å². The fourth-order valence-electron chi connectivity index (χ4n) is 2.47. The maximum atomic E-state index is 11.9. The number of halogens is 1. The van der Waals surface area contributed by atoms with Gasteiger partial charge < -0.3 is 14.2 Å². The molecule has 1 aliphatic rings. The van der Waals surface area contributed by atoms with Gasteiger partial charge in [0.1, 0.15) is 18.1 Å². The van der Waals surface area contributed by atoms with Crippen molar-refractivity contribution in [3.05, 3.63) is 59.1 Å². The highest BCUT2D eigenvalue weighted by molar-refractivity contribution is 6.30. The molecule has 0 fully saturated rings. The van der Waals surface area contributed by atoms with Gasteiger partial charge >= 0.3 is 5.97 Å². The molecule has 2 aromatic carbocycles. The molecule has 0 bridgehead atoms. The summed E-state index contributed by atoms with van der Waals surface area (Å²) in [4.78, 5) is 23.2. The quantitative estimate of drug-likeness (QED) is 0.580. The van der Waals surface area contributed by atoms with Crippen LogP contribution in [0.3, 0.4) is 0 Å². The molecule has 1 amide bonds. The zero-order valence-corrected chi connectivity index (χ0v) is 15.5. The van der Waals surface area contributed by atoms with Gasteiger partial charge in [-0.25, -0.2) is 0 Å². The van der Waals surface area contributed by atoms with E-state index in [4.69, 9.17) is 25.8 Å². The van der Waals surface area contributed by atoms with Crippen molar-refractivity contribution in [1.82, 2.24) is 5.01 Å². The first-order valence-electron chi connectivity index (χ1n) is 8.15. The molecular weight excluding hydrogens is 372 g/mol. The lowest BCUT2D eigenvalue weighted by atomic mass is 10.2. The van der Waals surface area contributed by atoms with Crippen molar-refractivity contribution in [3.8, 4) is 11.5 Å². The second kappa shape index (κ2) is 8.09. The summed E-state index contributed by atoms with van der Waals surface area (Å²) in [7, 11) is 0. The number of hydrogen-bond donors (Lipinski definition) is 0. The molecule has 0 N–H and O–H groups in total. The number of esters is 1. The third-order valence-corrected chi connectivity index (χ3v) is 3.84. The Morgan fingerprint density at radius 1 is 1.19 bits per heavy atom. The molecule has 0 saturated carbocycles. The molecule has 1 atom stereocenters. The zero-order valence-electron chi connectivity index (χ0n) is 14.7. The van der Waals surface area contributed by atoms with E-state index in [1.165, 1.54) is 18.9 Å². The molecule has 7 nitrogen and oxygen atoms in total. The summed E-state index contributed by atoms with van der Waals surface area (Å²) in [6.07, 6.45) is -0.762. The van der Waals surface area contributed by atoms with Crippen LogP contribution < -0.4 is 9.47 Å². The predicted octanol–water partition coefficient (Wildman–Crippen LogP) is 3.21. The maximum absolute atomic E-state index is 11.9. The van der Waals surface area contributed by atoms with Crippen molar-refractivity contribution < 1.29 is 23.8 Å². The van der Waals surface area contributed by atoms with E-state index in [-0.39, 0.29) is 18.4 Å². The number of amides is 1. The first-order chi connectivity index (χ1) is 12.9. The van der Waals surface area contributed by atoms with Crippen LogP contribution >= 0.6 is 11.6 Å². The lowest BCUT2D eigenvalue weighted by molar-refractivity contribution is -0.136. The molecule has 0 aliphatic carbocycles. The Labute approximate surface area is 161 Å². The molecule has 1 heterocycles. The van der Waals surface area contributed by atoms with Gasteiger partial charge in [0.05, 0.1) is 5.56 Å². The van der Waals surface area contributed by atoms with Crippen molar-refractivity contribution in [1.29, 1.82) is 0 Å². The Kier molecular flexibility index (Phi) is 5.61. The summed E-state index contributed by atoms with van der Waals surface area (Å²) in [5.41, 5.74) is 0.462. The van der Waals surface area contributed by atoms with Crippen LogP contribution in [0.4, 0.5) is 0 Å². The highest BCUT2D eigenvalue weighted by atomic mass is 35.5. The standard InChI is InChI=1S/C19H17ClN2O5/c1-12(23)22-18(11-25-15-7-5-6-14(20)10-15)27-19(21-22)16-8-3-4-9-17(16)26-13(2)24/h3-10,18H,11H2,1-2H3. The molecule has 0 spiro atoms. The van der Waals surface area contributed by atoms with Crippen LogP contribution in [-0.2, 0) is 14.3 Å². The van der Waals surface area contributed by atoms with Crippen molar-refractivity contribution in [2.24, 2.45) is 5.10 Å². The molecule has 2 aromatic rings. The van der Waals surface area contributed by atoms with Crippen LogP contribution in [0.5, 0.6) is 11.5 Å². The van der Waals surface area contributed by atoms with Gasteiger partial charge in [-0.2, -0.15) is 5.01 Å². The molecule has 0 aromatic heterocycles. The number of carbonyl (C=O) groups excluding carboxylic acids is 2. The lowest BCUT2D eigenvalue weighted by Gasteiger charge is -2.19. The van der Waals surface area contributed by atoms with Crippen molar-refractivity contribution in [2.45, 2.75) is 20.1 Å². The summed E-state index contributed by atoms with van der Waals surface area (Å²) in [6.45, 7) is 2.72. The van der Waals surface area contributed by atoms with E-state index in [2.05, 4.69) is 5.10 Å². The molecule has 3 rings (SSSR count). The molecule has 1 aliphatic heterocycles. The monoisotopic (exact) mass is 388 g/mol. The average Bonchev–Trinajstić information content (AvgIpc) is 3.04. The Balaban J connectivity index is 1.78. The number of hydrazone groups is 1. The minimum atomic E-state index is -0.762. The number of carbonyl (C=O) groups is 2. The lowest BCUT2D eigenvalue weighted by Crippen LogP contribution is -2.36. The van der Waals surface area contributed by atoms with Crippen molar-refractivity contribution >= 4 is 29.4 Å². The van der Waals surface area contributed by atoms with Gasteiger partial charge in [-0.3, -0.25) is 9.59 Å². The van der Waals surface area contributed by atoms with E-state index in [9.17, 15) is 9.59 Å². The minimum absolute atomic E-state index is 0.0443. The Hall–Kier alpha value is -3.06. The minimum Gasteiger partial charge on any atom is -0.488 e. The SMILES string of the molecule is CC(=O)Oc1ccccc1C1=NN(C(C)=O)C(COc2cccc(Cl)c2)O1. The molecule has 1 unspecified atom stereocenters. The van der Waals surface area contributed by atoms with E-state index >= 15 is 0 Å². The smallest absolute Gasteiger partial charge is 0.308 e. The number of nitrogens with zero attached hydrogens (tertiary/aromatic N) is 2. The van der Waals surface area contributed by atoms with E-state index < -0.39 is 12.2 Å². The van der Waals surface area contributed by atoms with Gasteiger partial charge in [0.2, 0.25) is 18.0 Å². The van der Waals surface area contributed by atoms with E-state index in [1.54, 1.807) is 48.5 Å². The Bertz CT molecular complexity index is 899. The van der Waals surface area contributed by atoms with Crippen LogP contribution in [-0.4, -0.2) is 35.6 Å². The second-order valence-corrected chi connectivity index (χ2v) is 6.14. The number of benzene rings is 2. The second-order valence-electron chi connectivity index (χ2n) is 5.70. The highest BCUT2D eigenvalue weighted by Crippen LogP contribution is 2.26. The molecule has 140 valence electrons. The molecule has 0 radical (unpaired) electrons. The summed E-state index contributed by atoms with van der Waals surface area (Å²) < 4.78 is 16.7. The largest absolute Gasteiger partial charge is 0.488 e. The fraction of sp³-hybridized carbons (Fsp3) is 0.211. The third-order valence-electron chi connectivity index (χ3n) is 3.60. The van der Waals surface area contributed by atoms with E-state index in [0.717, 1.165) is 0 Å². The van der Waals surface area contributed by atoms with E-state index in [0.29, 0.717) is 22.1 Å².